The van der Waals surface area contributed by atoms with E-state index in [1.165, 1.54) is 12.1 Å². The maximum absolute atomic E-state index is 15.0. The van der Waals surface area contributed by atoms with Crippen LogP contribution in [0.2, 0.25) is 0 Å². The molecular formula is C24H24F2N4O2S. The molecular weight excluding hydrogens is 446 g/mol. The summed E-state index contributed by atoms with van der Waals surface area (Å²) < 4.78 is 57.5. The fourth-order valence-electron chi connectivity index (χ4n) is 3.80. The molecule has 0 radical (unpaired) electrons. The Bertz CT molecular complexity index is 1320. The highest BCUT2D eigenvalue weighted by atomic mass is 32.2. The van der Waals surface area contributed by atoms with E-state index in [4.69, 9.17) is 0 Å². The van der Waals surface area contributed by atoms with Crippen molar-refractivity contribution in [1.29, 1.82) is 0 Å². The van der Waals surface area contributed by atoms with Crippen molar-refractivity contribution in [2.45, 2.75) is 24.3 Å². The zero-order valence-electron chi connectivity index (χ0n) is 18.4. The second kappa shape index (κ2) is 8.82. The van der Waals surface area contributed by atoms with Crippen molar-refractivity contribution >= 4 is 27.4 Å². The van der Waals surface area contributed by atoms with Gasteiger partial charge in [-0.1, -0.05) is 37.3 Å². The number of fused-ring (bicyclic) bond motifs is 1. The van der Waals surface area contributed by atoms with Gasteiger partial charge in [-0.25, -0.2) is 26.9 Å². The second-order valence-electron chi connectivity index (χ2n) is 8.03. The molecule has 1 atom stereocenters. The van der Waals surface area contributed by atoms with Gasteiger partial charge in [-0.15, -0.1) is 0 Å². The minimum absolute atomic E-state index is 0.0215. The lowest BCUT2D eigenvalue weighted by molar-refractivity contribution is 0.577. The molecule has 1 heterocycles. The van der Waals surface area contributed by atoms with Gasteiger partial charge in [-0.3, -0.25) is 0 Å². The molecule has 172 valence electrons. The Morgan fingerprint density at radius 3 is 2.33 bits per heavy atom. The van der Waals surface area contributed by atoms with Gasteiger partial charge in [0.15, 0.2) is 0 Å². The lowest BCUT2D eigenvalue weighted by Crippen LogP contribution is -2.41. The Hall–Kier alpha value is -3.46. The summed E-state index contributed by atoms with van der Waals surface area (Å²) in [7, 11) is -0.115. The fourth-order valence-corrected chi connectivity index (χ4v) is 4.96. The normalized spacial score (nSPS) is 16.5. The number of nitrogens with one attached hydrogen (secondary N) is 2. The quantitative estimate of drug-likeness (QED) is 0.578. The van der Waals surface area contributed by atoms with Crippen molar-refractivity contribution < 1.29 is 17.2 Å². The lowest BCUT2D eigenvalue weighted by Gasteiger charge is -2.26. The van der Waals surface area contributed by atoms with Crippen LogP contribution in [0, 0.1) is 11.6 Å². The smallest absolute Gasteiger partial charge is 0.266 e. The number of hydrogen-bond donors (Lipinski definition) is 2. The SMILES string of the molecule is CC(c1ccccc1F)c1c(F)ccc2c1NC(=NCc1ccc(N(C)C)cc1)NS2(=O)=O. The average molecular weight is 471 g/mol. The first-order chi connectivity index (χ1) is 15.7. The van der Waals surface area contributed by atoms with Crippen LogP contribution in [0.3, 0.4) is 0 Å². The van der Waals surface area contributed by atoms with E-state index in [1.807, 2.05) is 43.3 Å². The molecule has 1 unspecified atom stereocenters. The summed E-state index contributed by atoms with van der Waals surface area (Å²) >= 11 is 0. The number of guanidine groups is 1. The maximum atomic E-state index is 15.0. The third-order valence-corrected chi connectivity index (χ3v) is 6.98. The van der Waals surface area contributed by atoms with E-state index in [2.05, 4.69) is 15.0 Å². The fraction of sp³-hybridized carbons (Fsp3) is 0.208. The maximum Gasteiger partial charge on any atom is 0.266 e. The minimum atomic E-state index is -3.99. The Morgan fingerprint density at radius 1 is 0.970 bits per heavy atom. The third kappa shape index (κ3) is 4.54. The summed E-state index contributed by atoms with van der Waals surface area (Å²) in [6, 6.07) is 16.0. The van der Waals surface area contributed by atoms with E-state index in [0.717, 1.165) is 17.3 Å². The van der Waals surface area contributed by atoms with E-state index in [0.29, 0.717) is 0 Å². The Morgan fingerprint density at radius 2 is 1.67 bits per heavy atom. The molecule has 0 amide bonds. The largest absolute Gasteiger partial charge is 0.378 e. The van der Waals surface area contributed by atoms with Crippen LogP contribution in [0.4, 0.5) is 20.2 Å². The molecule has 0 aliphatic carbocycles. The van der Waals surface area contributed by atoms with E-state index < -0.39 is 27.6 Å². The molecule has 0 fully saturated rings. The van der Waals surface area contributed by atoms with Crippen LogP contribution in [0.15, 0.2) is 70.6 Å². The molecule has 3 aromatic carbocycles. The predicted octanol–water partition coefficient (Wildman–Crippen LogP) is 4.44. The molecule has 0 aromatic heterocycles. The number of nitrogens with zero attached hydrogens (tertiary/aromatic N) is 2. The van der Waals surface area contributed by atoms with Gasteiger partial charge in [0, 0.05) is 31.3 Å². The first kappa shape index (κ1) is 22.7. The summed E-state index contributed by atoms with van der Waals surface area (Å²) in [6.45, 7) is 1.85. The number of aliphatic imine (C=N–C) groups is 1. The number of halogens is 2. The van der Waals surface area contributed by atoms with Crippen LogP contribution >= 0.6 is 0 Å². The molecule has 6 nitrogen and oxygen atoms in total. The average Bonchev–Trinajstić information content (AvgIpc) is 2.77. The summed E-state index contributed by atoms with van der Waals surface area (Å²) in [5, 5.41) is 2.92. The molecule has 33 heavy (non-hydrogen) atoms. The zero-order valence-corrected chi connectivity index (χ0v) is 19.2. The van der Waals surface area contributed by atoms with Crippen molar-refractivity contribution in [2.75, 3.05) is 24.3 Å². The van der Waals surface area contributed by atoms with Crippen LogP contribution in [0.25, 0.3) is 0 Å². The standard InChI is InChI=1S/C24H24F2N4O2S/c1-15(18-6-4-5-7-19(18)25)22-20(26)12-13-21-23(22)28-24(29-33(21,31)32)27-14-16-8-10-17(11-9-16)30(2)3/h4-13,15H,14H2,1-3H3,(H2,27,28,29). The summed E-state index contributed by atoms with van der Waals surface area (Å²) in [5.41, 5.74) is 2.29. The van der Waals surface area contributed by atoms with Crippen LogP contribution in [0.1, 0.15) is 29.5 Å². The van der Waals surface area contributed by atoms with Gasteiger partial charge in [0.25, 0.3) is 10.0 Å². The van der Waals surface area contributed by atoms with Crippen molar-refractivity contribution in [1.82, 2.24) is 4.72 Å². The first-order valence-electron chi connectivity index (χ1n) is 10.3. The van der Waals surface area contributed by atoms with Gasteiger partial charge in [-0.05, 0) is 41.5 Å². The summed E-state index contributed by atoms with van der Waals surface area (Å²) in [4.78, 5) is 6.20. The Labute approximate surface area is 192 Å². The molecule has 1 aliphatic heterocycles. The second-order valence-corrected chi connectivity index (χ2v) is 9.68. The highest BCUT2D eigenvalue weighted by Crippen LogP contribution is 2.38. The van der Waals surface area contributed by atoms with Crippen molar-refractivity contribution in [3.8, 4) is 0 Å². The van der Waals surface area contributed by atoms with Crippen LogP contribution < -0.4 is 14.9 Å². The molecule has 4 rings (SSSR count). The molecule has 3 aromatic rings. The van der Waals surface area contributed by atoms with Gasteiger partial charge in [0.05, 0.1) is 12.2 Å². The van der Waals surface area contributed by atoms with E-state index >= 15 is 0 Å². The number of anilines is 2. The molecule has 2 N–H and O–H groups in total. The molecule has 0 spiro atoms. The van der Waals surface area contributed by atoms with E-state index in [-0.39, 0.29) is 34.2 Å². The van der Waals surface area contributed by atoms with Crippen molar-refractivity contribution in [3.05, 3.63) is 89.0 Å². The molecule has 0 saturated carbocycles. The van der Waals surface area contributed by atoms with Gasteiger partial charge in [0.1, 0.15) is 16.5 Å². The Kier molecular flexibility index (Phi) is 6.07. The monoisotopic (exact) mass is 470 g/mol. The van der Waals surface area contributed by atoms with E-state index in [1.54, 1.807) is 25.1 Å². The highest BCUT2D eigenvalue weighted by Gasteiger charge is 2.32. The van der Waals surface area contributed by atoms with Crippen molar-refractivity contribution in [2.24, 2.45) is 4.99 Å². The third-order valence-electron chi connectivity index (χ3n) is 5.60. The van der Waals surface area contributed by atoms with Crippen molar-refractivity contribution in [3.63, 3.8) is 0 Å². The van der Waals surface area contributed by atoms with Crippen LogP contribution in [-0.2, 0) is 16.6 Å². The van der Waals surface area contributed by atoms with Crippen LogP contribution in [0.5, 0.6) is 0 Å². The molecule has 1 aliphatic rings. The number of sulfonamides is 1. The lowest BCUT2D eigenvalue weighted by atomic mass is 9.91. The number of rotatable bonds is 5. The van der Waals surface area contributed by atoms with E-state index in [9.17, 15) is 17.2 Å². The molecule has 9 heteroatoms. The number of benzene rings is 3. The molecule has 0 saturated heterocycles. The minimum Gasteiger partial charge on any atom is -0.378 e. The molecule has 0 bridgehead atoms. The van der Waals surface area contributed by atoms with Gasteiger partial charge in [-0.2, -0.15) is 0 Å². The summed E-state index contributed by atoms with van der Waals surface area (Å²) in [5.74, 6) is -1.88. The highest BCUT2D eigenvalue weighted by molar-refractivity contribution is 7.90. The number of hydrogen-bond acceptors (Lipinski definition) is 4. The zero-order chi connectivity index (χ0) is 23.8. The van der Waals surface area contributed by atoms with Crippen LogP contribution in [-0.4, -0.2) is 28.5 Å². The van der Waals surface area contributed by atoms with Gasteiger partial charge < -0.3 is 10.2 Å². The topological polar surface area (TPSA) is 73.8 Å². The van der Waals surface area contributed by atoms with Gasteiger partial charge in [0.2, 0.25) is 5.96 Å². The predicted molar refractivity (Wildman–Crippen MR) is 126 cm³/mol. The summed E-state index contributed by atoms with van der Waals surface area (Å²) in [6.07, 6.45) is 0. The Balaban J connectivity index is 1.71. The van der Waals surface area contributed by atoms with Gasteiger partial charge >= 0.3 is 0 Å². The first-order valence-corrected chi connectivity index (χ1v) is 11.8.